The van der Waals surface area contributed by atoms with E-state index in [1.165, 1.54) is 12.8 Å². The molecule has 0 aliphatic rings. The largest absolute Gasteiger partial charge is 0.465 e. The average molecular weight is 324 g/mol. The molecular weight excluding hydrogens is 296 g/mol. The Morgan fingerprint density at radius 3 is 1.83 bits per heavy atom. The predicted octanol–water partition coefficient (Wildman–Crippen LogP) is 5.51. The zero-order valence-electron chi connectivity index (χ0n) is 14.8. The third-order valence-electron chi connectivity index (χ3n) is 4.56. The van der Waals surface area contributed by atoms with Crippen molar-refractivity contribution in [3.8, 4) is 0 Å². The first-order valence-electron chi connectivity index (χ1n) is 9.04. The summed E-state index contributed by atoms with van der Waals surface area (Å²) in [7, 11) is 0. The van der Waals surface area contributed by atoms with E-state index in [1.807, 2.05) is 67.6 Å². The number of hydrogen-bond acceptors (Lipinski definition) is 2. The van der Waals surface area contributed by atoms with Crippen molar-refractivity contribution in [1.82, 2.24) is 0 Å². The Hall–Kier alpha value is -2.09. The lowest BCUT2D eigenvalue weighted by Gasteiger charge is -2.33. The lowest BCUT2D eigenvalue weighted by molar-refractivity contribution is -0.148. The van der Waals surface area contributed by atoms with E-state index in [1.54, 1.807) is 0 Å². The maximum absolute atomic E-state index is 13.1. The number of esters is 1. The highest BCUT2D eigenvalue weighted by atomic mass is 16.5. The number of benzene rings is 2. The molecule has 0 heterocycles. The van der Waals surface area contributed by atoms with Crippen LogP contribution < -0.4 is 0 Å². The lowest BCUT2D eigenvalue weighted by atomic mass is 9.71. The molecule has 2 nitrogen and oxygen atoms in total. The second-order valence-corrected chi connectivity index (χ2v) is 6.17. The SMILES string of the molecule is CCCCCCC(C(=O)OCC)(c1ccccc1)c1ccccc1. The molecule has 0 bridgehead atoms. The molecule has 0 atom stereocenters. The number of unbranched alkanes of at least 4 members (excludes halogenated alkanes) is 3. The van der Waals surface area contributed by atoms with E-state index in [2.05, 4.69) is 6.92 Å². The minimum Gasteiger partial charge on any atom is -0.465 e. The van der Waals surface area contributed by atoms with Crippen LogP contribution in [0.3, 0.4) is 0 Å². The molecule has 2 rings (SSSR count). The van der Waals surface area contributed by atoms with Crippen LogP contribution in [0.5, 0.6) is 0 Å². The topological polar surface area (TPSA) is 26.3 Å². The molecule has 2 aromatic carbocycles. The summed E-state index contributed by atoms with van der Waals surface area (Å²) in [5.74, 6) is -0.140. The summed E-state index contributed by atoms with van der Waals surface area (Å²) in [6, 6.07) is 20.1. The highest BCUT2D eigenvalue weighted by molar-refractivity contribution is 5.87. The molecule has 128 valence electrons. The molecule has 0 N–H and O–H groups in total. The minimum absolute atomic E-state index is 0.140. The number of hydrogen-bond donors (Lipinski definition) is 0. The molecule has 2 heteroatoms. The second kappa shape index (κ2) is 9.27. The zero-order chi connectivity index (χ0) is 17.3. The second-order valence-electron chi connectivity index (χ2n) is 6.17. The zero-order valence-corrected chi connectivity index (χ0v) is 14.8. The third-order valence-corrected chi connectivity index (χ3v) is 4.56. The van der Waals surface area contributed by atoms with Crippen LogP contribution in [0.2, 0.25) is 0 Å². The van der Waals surface area contributed by atoms with Crippen LogP contribution in [0.25, 0.3) is 0 Å². The summed E-state index contributed by atoms with van der Waals surface area (Å²) in [4.78, 5) is 13.1. The van der Waals surface area contributed by atoms with Crippen molar-refractivity contribution in [2.45, 2.75) is 51.4 Å². The van der Waals surface area contributed by atoms with Gasteiger partial charge in [-0.3, -0.25) is 4.79 Å². The standard InChI is InChI=1S/C22H28O2/c1-3-5-6-13-18-22(21(23)24-4-2,19-14-9-7-10-15-19)20-16-11-8-12-17-20/h7-12,14-17H,3-6,13,18H2,1-2H3. The first kappa shape index (κ1) is 18.3. The van der Waals surface area contributed by atoms with Crippen LogP contribution in [-0.2, 0) is 14.9 Å². The molecule has 0 fully saturated rings. The summed E-state index contributed by atoms with van der Waals surface area (Å²) in [5.41, 5.74) is 1.32. The molecule has 0 radical (unpaired) electrons. The van der Waals surface area contributed by atoms with Gasteiger partial charge in [0, 0.05) is 0 Å². The molecule has 0 spiro atoms. The number of carbonyl (C=O) groups excluding carboxylic acids is 1. The smallest absolute Gasteiger partial charge is 0.321 e. The van der Waals surface area contributed by atoms with E-state index >= 15 is 0 Å². The van der Waals surface area contributed by atoms with Crippen LogP contribution in [-0.4, -0.2) is 12.6 Å². The fourth-order valence-corrected chi connectivity index (χ4v) is 3.31. The Morgan fingerprint density at radius 2 is 1.38 bits per heavy atom. The van der Waals surface area contributed by atoms with Crippen molar-refractivity contribution in [3.63, 3.8) is 0 Å². The molecule has 2 aromatic rings. The van der Waals surface area contributed by atoms with Crippen molar-refractivity contribution in [2.75, 3.05) is 6.61 Å². The number of rotatable bonds is 9. The van der Waals surface area contributed by atoms with Gasteiger partial charge < -0.3 is 4.74 Å². The van der Waals surface area contributed by atoms with Gasteiger partial charge in [-0.1, -0.05) is 93.3 Å². The average Bonchev–Trinajstić information content (AvgIpc) is 2.64. The van der Waals surface area contributed by atoms with Gasteiger partial charge in [0.1, 0.15) is 5.41 Å². The first-order valence-corrected chi connectivity index (χ1v) is 9.04. The summed E-state index contributed by atoms with van der Waals surface area (Å²) in [6.07, 6.45) is 5.30. The summed E-state index contributed by atoms with van der Waals surface area (Å²) >= 11 is 0. The fraction of sp³-hybridized carbons (Fsp3) is 0.409. The Balaban J connectivity index is 2.48. The molecular formula is C22H28O2. The maximum atomic E-state index is 13.1. The van der Waals surface area contributed by atoms with Gasteiger partial charge in [0.25, 0.3) is 0 Å². The van der Waals surface area contributed by atoms with Crippen molar-refractivity contribution in [3.05, 3.63) is 71.8 Å². The summed E-state index contributed by atoms with van der Waals surface area (Å²) < 4.78 is 5.53. The van der Waals surface area contributed by atoms with E-state index in [0.717, 1.165) is 30.4 Å². The van der Waals surface area contributed by atoms with Crippen molar-refractivity contribution in [1.29, 1.82) is 0 Å². The molecule has 0 saturated carbocycles. The summed E-state index contributed by atoms with van der Waals surface area (Å²) in [6.45, 7) is 4.47. The van der Waals surface area contributed by atoms with Gasteiger partial charge in [-0.25, -0.2) is 0 Å². The van der Waals surface area contributed by atoms with Crippen LogP contribution >= 0.6 is 0 Å². The van der Waals surface area contributed by atoms with Crippen molar-refractivity contribution >= 4 is 5.97 Å². The Morgan fingerprint density at radius 1 is 0.833 bits per heavy atom. The number of carbonyl (C=O) groups is 1. The molecule has 0 saturated heterocycles. The van der Waals surface area contributed by atoms with Crippen molar-refractivity contribution < 1.29 is 9.53 Å². The lowest BCUT2D eigenvalue weighted by Crippen LogP contribution is -2.39. The highest BCUT2D eigenvalue weighted by Gasteiger charge is 2.42. The third kappa shape index (κ3) is 4.05. The van der Waals surface area contributed by atoms with E-state index in [0.29, 0.717) is 6.61 Å². The van der Waals surface area contributed by atoms with E-state index in [4.69, 9.17) is 4.74 Å². The van der Waals surface area contributed by atoms with Crippen LogP contribution in [0.1, 0.15) is 57.1 Å². The molecule has 0 aliphatic carbocycles. The van der Waals surface area contributed by atoms with Gasteiger partial charge in [0.05, 0.1) is 6.61 Å². The van der Waals surface area contributed by atoms with Gasteiger partial charge in [-0.2, -0.15) is 0 Å². The molecule has 0 aliphatic heterocycles. The molecule has 0 amide bonds. The van der Waals surface area contributed by atoms with Crippen molar-refractivity contribution in [2.24, 2.45) is 0 Å². The molecule has 0 unspecified atom stereocenters. The molecule has 0 aromatic heterocycles. The molecule has 24 heavy (non-hydrogen) atoms. The first-order chi connectivity index (χ1) is 11.8. The van der Waals surface area contributed by atoms with E-state index < -0.39 is 5.41 Å². The highest BCUT2D eigenvalue weighted by Crippen LogP contribution is 2.38. The van der Waals surface area contributed by atoms with Gasteiger partial charge in [-0.15, -0.1) is 0 Å². The van der Waals surface area contributed by atoms with Gasteiger partial charge >= 0.3 is 5.97 Å². The van der Waals surface area contributed by atoms with Gasteiger partial charge in [0.15, 0.2) is 0 Å². The van der Waals surface area contributed by atoms with Crippen LogP contribution in [0, 0.1) is 0 Å². The van der Waals surface area contributed by atoms with Gasteiger partial charge in [0.2, 0.25) is 0 Å². The van der Waals surface area contributed by atoms with E-state index in [9.17, 15) is 4.79 Å². The fourth-order valence-electron chi connectivity index (χ4n) is 3.31. The quantitative estimate of drug-likeness (QED) is 0.449. The maximum Gasteiger partial charge on any atom is 0.321 e. The Labute approximate surface area is 145 Å². The normalized spacial score (nSPS) is 11.2. The Bertz CT molecular complexity index is 565. The minimum atomic E-state index is -0.716. The van der Waals surface area contributed by atoms with E-state index in [-0.39, 0.29) is 5.97 Å². The number of ether oxygens (including phenoxy) is 1. The van der Waals surface area contributed by atoms with Crippen LogP contribution in [0.15, 0.2) is 60.7 Å². The predicted molar refractivity (Wildman–Crippen MR) is 99.1 cm³/mol. The Kier molecular flexibility index (Phi) is 7.05. The summed E-state index contributed by atoms with van der Waals surface area (Å²) in [5, 5.41) is 0. The van der Waals surface area contributed by atoms with Gasteiger partial charge in [-0.05, 0) is 24.5 Å². The van der Waals surface area contributed by atoms with Crippen LogP contribution in [0.4, 0.5) is 0 Å². The monoisotopic (exact) mass is 324 g/mol.